The summed E-state index contributed by atoms with van der Waals surface area (Å²) >= 11 is 0. The van der Waals surface area contributed by atoms with Gasteiger partial charge in [0.2, 0.25) is 11.8 Å². The molecule has 0 aliphatic carbocycles. The van der Waals surface area contributed by atoms with E-state index in [2.05, 4.69) is 16.0 Å². The minimum absolute atomic E-state index is 0.0248. The summed E-state index contributed by atoms with van der Waals surface area (Å²) in [6.07, 6.45) is 0.470. The molecule has 2 rings (SSSR count). The molecule has 0 heterocycles. The first-order valence-electron chi connectivity index (χ1n) is 9.07. The number of carbonyl (C=O) groups excluding carboxylic acids is 2. The van der Waals surface area contributed by atoms with Gasteiger partial charge in [0.25, 0.3) is 0 Å². The maximum Gasteiger partial charge on any atom is 0.243 e. The minimum atomic E-state index is -0.207. The number of benzene rings is 2. The van der Waals surface area contributed by atoms with E-state index in [4.69, 9.17) is 9.47 Å². The van der Waals surface area contributed by atoms with E-state index in [0.29, 0.717) is 40.9 Å². The summed E-state index contributed by atoms with van der Waals surface area (Å²) in [5.74, 6) is 1.35. The molecule has 0 unspecified atom stereocenters. The van der Waals surface area contributed by atoms with Gasteiger partial charge in [-0.25, -0.2) is 0 Å². The van der Waals surface area contributed by atoms with Crippen LogP contribution in [0.15, 0.2) is 42.5 Å². The third kappa shape index (κ3) is 6.50. The molecule has 0 atom stereocenters. The summed E-state index contributed by atoms with van der Waals surface area (Å²) in [5, 5.41) is 8.68. The van der Waals surface area contributed by atoms with Crippen LogP contribution in [0.4, 0.5) is 17.1 Å². The summed E-state index contributed by atoms with van der Waals surface area (Å²) in [4.78, 5) is 24.0. The van der Waals surface area contributed by atoms with Crippen molar-refractivity contribution in [3.05, 3.63) is 42.5 Å². The lowest BCUT2D eigenvalue weighted by atomic mass is 10.1. The molecule has 2 aromatic rings. The molecule has 2 amide bonds. The lowest BCUT2D eigenvalue weighted by molar-refractivity contribution is -0.117. The highest BCUT2D eigenvalue weighted by Crippen LogP contribution is 2.28. The van der Waals surface area contributed by atoms with Crippen molar-refractivity contribution in [3.63, 3.8) is 0 Å². The molecule has 0 bridgehead atoms. The Balaban J connectivity index is 1.89. The molecule has 0 fully saturated rings. The van der Waals surface area contributed by atoms with Gasteiger partial charge in [0.15, 0.2) is 0 Å². The van der Waals surface area contributed by atoms with E-state index in [1.807, 2.05) is 13.8 Å². The van der Waals surface area contributed by atoms with Crippen LogP contribution >= 0.6 is 0 Å². The second kappa shape index (κ2) is 10.2. The molecular formula is C21H27N3O4. The Morgan fingerprint density at radius 1 is 0.893 bits per heavy atom. The summed E-state index contributed by atoms with van der Waals surface area (Å²) in [7, 11) is 3.14. The maximum absolute atomic E-state index is 12.2. The molecule has 7 nitrogen and oxygen atoms in total. The Bertz CT molecular complexity index is 804. The number of hydrogen-bond donors (Lipinski definition) is 3. The first kappa shape index (κ1) is 21.1. The van der Waals surface area contributed by atoms with E-state index in [9.17, 15) is 9.59 Å². The van der Waals surface area contributed by atoms with Crippen LogP contribution in [-0.4, -0.2) is 32.6 Å². The van der Waals surface area contributed by atoms with Gasteiger partial charge in [-0.2, -0.15) is 0 Å². The van der Waals surface area contributed by atoms with Crippen LogP contribution in [-0.2, 0) is 9.59 Å². The van der Waals surface area contributed by atoms with Gasteiger partial charge in [-0.1, -0.05) is 13.8 Å². The fourth-order valence-corrected chi connectivity index (χ4v) is 2.55. The summed E-state index contributed by atoms with van der Waals surface area (Å²) < 4.78 is 10.5. The van der Waals surface area contributed by atoms with Crippen molar-refractivity contribution < 1.29 is 19.1 Å². The first-order chi connectivity index (χ1) is 13.4. The average molecular weight is 385 g/mol. The Morgan fingerprint density at radius 3 is 2.04 bits per heavy atom. The molecule has 0 aliphatic rings. The predicted octanol–water partition coefficient (Wildman–Crippen LogP) is 3.74. The molecule has 3 N–H and O–H groups in total. The van der Waals surface area contributed by atoms with Gasteiger partial charge in [0.1, 0.15) is 11.5 Å². The molecule has 7 heteroatoms. The zero-order chi connectivity index (χ0) is 20.5. The van der Waals surface area contributed by atoms with E-state index < -0.39 is 0 Å². The molecule has 0 aliphatic heterocycles. The second-order valence-corrected chi connectivity index (χ2v) is 6.69. The Labute approximate surface area is 165 Å². The first-order valence-corrected chi connectivity index (χ1v) is 9.07. The third-order valence-corrected chi connectivity index (χ3v) is 3.89. The molecule has 28 heavy (non-hydrogen) atoms. The zero-order valence-corrected chi connectivity index (χ0v) is 16.7. The monoisotopic (exact) mass is 385 g/mol. The van der Waals surface area contributed by atoms with Crippen molar-refractivity contribution in [1.82, 2.24) is 0 Å². The van der Waals surface area contributed by atoms with E-state index in [1.54, 1.807) is 56.7 Å². The summed E-state index contributed by atoms with van der Waals surface area (Å²) in [6, 6.07) is 12.3. The van der Waals surface area contributed by atoms with Gasteiger partial charge in [-0.3, -0.25) is 9.59 Å². The molecule has 0 saturated carbocycles. The van der Waals surface area contributed by atoms with Gasteiger partial charge in [-0.15, -0.1) is 0 Å². The number of ether oxygens (including phenoxy) is 2. The molecule has 0 spiro atoms. The van der Waals surface area contributed by atoms with Crippen LogP contribution in [0.25, 0.3) is 0 Å². The molecule has 0 saturated heterocycles. The fraction of sp³-hybridized carbons (Fsp3) is 0.333. The fourth-order valence-electron chi connectivity index (χ4n) is 2.55. The van der Waals surface area contributed by atoms with Crippen molar-refractivity contribution in [2.24, 2.45) is 5.92 Å². The molecular weight excluding hydrogens is 358 g/mol. The van der Waals surface area contributed by atoms with E-state index >= 15 is 0 Å². The van der Waals surface area contributed by atoms with Crippen LogP contribution in [0.2, 0.25) is 0 Å². The van der Waals surface area contributed by atoms with E-state index in [0.717, 1.165) is 0 Å². The zero-order valence-electron chi connectivity index (χ0n) is 16.7. The molecule has 2 aromatic carbocycles. The standard InChI is InChI=1S/C21H27N3O4/c1-14(2)11-20(25)23-15-5-7-16(8-6-15)24-21(26)13-22-18-12-17(27-3)9-10-19(18)28-4/h5-10,12,14,22H,11,13H2,1-4H3,(H,23,25)(H,24,26). The van der Waals surface area contributed by atoms with Crippen LogP contribution in [0.1, 0.15) is 20.3 Å². The predicted molar refractivity (Wildman–Crippen MR) is 111 cm³/mol. The van der Waals surface area contributed by atoms with Crippen LogP contribution < -0.4 is 25.4 Å². The number of carbonyl (C=O) groups is 2. The number of methoxy groups -OCH3 is 2. The van der Waals surface area contributed by atoms with Crippen molar-refractivity contribution >= 4 is 28.9 Å². The second-order valence-electron chi connectivity index (χ2n) is 6.69. The quantitative estimate of drug-likeness (QED) is 0.612. The normalized spacial score (nSPS) is 10.3. The Hall–Kier alpha value is -3.22. The van der Waals surface area contributed by atoms with Crippen LogP contribution in [0.3, 0.4) is 0 Å². The van der Waals surface area contributed by atoms with Gasteiger partial charge >= 0.3 is 0 Å². The van der Waals surface area contributed by atoms with Crippen molar-refractivity contribution in [3.8, 4) is 11.5 Å². The number of rotatable bonds is 9. The Morgan fingerprint density at radius 2 is 1.50 bits per heavy atom. The topological polar surface area (TPSA) is 88.7 Å². The lowest BCUT2D eigenvalue weighted by Crippen LogP contribution is -2.22. The highest BCUT2D eigenvalue weighted by Gasteiger charge is 2.09. The van der Waals surface area contributed by atoms with E-state index in [-0.39, 0.29) is 18.4 Å². The number of amides is 2. The van der Waals surface area contributed by atoms with Gasteiger partial charge < -0.3 is 25.4 Å². The molecule has 0 aromatic heterocycles. The molecule has 150 valence electrons. The SMILES string of the molecule is COc1ccc(OC)c(NCC(=O)Nc2ccc(NC(=O)CC(C)C)cc2)c1. The van der Waals surface area contributed by atoms with Crippen LogP contribution in [0, 0.1) is 5.92 Å². The van der Waals surface area contributed by atoms with Gasteiger partial charge in [-0.05, 0) is 42.3 Å². The van der Waals surface area contributed by atoms with Crippen molar-refractivity contribution in [2.45, 2.75) is 20.3 Å². The van der Waals surface area contributed by atoms with Crippen molar-refractivity contribution in [2.75, 3.05) is 36.7 Å². The summed E-state index contributed by atoms with van der Waals surface area (Å²) in [5.41, 5.74) is 2.01. The van der Waals surface area contributed by atoms with Gasteiger partial charge in [0.05, 0.1) is 26.5 Å². The third-order valence-electron chi connectivity index (χ3n) is 3.89. The minimum Gasteiger partial charge on any atom is -0.497 e. The average Bonchev–Trinajstić information content (AvgIpc) is 2.67. The van der Waals surface area contributed by atoms with Crippen molar-refractivity contribution in [1.29, 1.82) is 0 Å². The van der Waals surface area contributed by atoms with E-state index in [1.165, 1.54) is 0 Å². The largest absolute Gasteiger partial charge is 0.497 e. The molecule has 0 radical (unpaired) electrons. The van der Waals surface area contributed by atoms with Crippen LogP contribution in [0.5, 0.6) is 11.5 Å². The number of hydrogen-bond acceptors (Lipinski definition) is 5. The number of anilines is 3. The summed E-state index contributed by atoms with van der Waals surface area (Å²) in [6.45, 7) is 4.05. The Kier molecular flexibility index (Phi) is 7.68. The smallest absolute Gasteiger partial charge is 0.243 e. The highest BCUT2D eigenvalue weighted by atomic mass is 16.5. The van der Waals surface area contributed by atoms with Gasteiger partial charge in [0, 0.05) is 23.9 Å². The number of nitrogens with one attached hydrogen (secondary N) is 3. The lowest BCUT2D eigenvalue weighted by Gasteiger charge is -2.13. The maximum atomic E-state index is 12.2. The highest BCUT2D eigenvalue weighted by molar-refractivity contribution is 5.95.